The number of ether oxygens (including phenoxy) is 1. The van der Waals surface area contributed by atoms with E-state index in [1.165, 1.54) is 0 Å². The number of rotatable bonds is 3. The number of benzene rings is 2. The summed E-state index contributed by atoms with van der Waals surface area (Å²) in [5.74, 6) is -1.41. The molecule has 0 unspecified atom stereocenters. The van der Waals surface area contributed by atoms with Crippen LogP contribution in [0.3, 0.4) is 0 Å². The Hall–Kier alpha value is -2.16. The molecule has 2 rings (SSSR count). The van der Waals surface area contributed by atoms with Gasteiger partial charge in [0.05, 0.1) is 6.10 Å². The van der Waals surface area contributed by atoms with E-state index in [1.807, 2.05) is 30.3 Å². The number of carbonyl (C=O) groups is 2. The maximum absolute atomic E-state index is 11.8. The monoisotopic (exact) mass is 242 g/mol. The van der Waals surface area contributed by atoms with Gasteiger partial charge in [0.2, 0.25) is 0 Å². The smallest absolute Gasteiger partial charge is 0.379 e. The van der Waals surface area contributed by atoms with Gasteiger partial charge in [0.1, 0.15) is 0 Å². The first-order valence-electron chi connectivity index (χ1n) is 5.82. The first-order chi connectivity index (χ1) is 8.58. The first kappa shape index (κ1) is 12.3. The highest BCUT2D eigenvalue weighted by Gasteiger charge is 2.19. The standard InChI is InChI=1S/C15H14O3/c1-10(2)18-15(17)14(16)13-8-7-11-5-3-4-6-12(11)9-13/h3-10H,1-2H3. The third kappa shape index (κ3) is 2.56. The van der Waals surface area contributed by atoms with Gasteiger partial charge in [-0.1, -0.05) is 36.4 Å². The molecular weight excluding hydrogens is 228 g/mol. The van der Waals surface area contributed by atoms with Crippen molar-refractivity contribution in [3.63, 3.8) is 0 Å². The summed E-state index contributed by atoms with van der Waals surface area (Å²) >= 11 is 0. The molecule has 0 spiro atoms. The number of ketones is 1. The fraction of sp³-hybridized carbons (Fsp3) is 0.200. The second kappa shape index (κ2) is 5.00. The average molecular weight is 242 g/mol. The van der Waals surface area contributed by atoms with E-state index in [1.54, 1.807) is 26.0 Å². The minimum absolute atomic E-state index is 0.290. The Morgan fingerprint density at radius 1 is 1.00 bits per heavy atom. The third-order valence-electron chi connectivity index (χ3n) is 2.54. The molecule has 0 N–H and O–H groups in total. The van der Waals surface area contributed by atoms with Crippen molar-refractivity contribution in [1.29, 1.82) is 0 Å². The topological polar surface area (TPSA) is 43.4 Å². The SMILES string of the molecule is CC(C)OC(=O)C(=O)c1ccc2ccccc2c1. The summed E-state index contributed by atoms with van der Waals surface area (Å²) in [7, 11) is 0. The van der Waals surface area contributed by atoms with Gasteiger partial charge in [-0.05, 0) is 30.7 Å². The number of hydrogen-bond acceptors (Lipinski definition) is 3. The van der Waals surface area contributed by atoms with Crippen molar-refractivity contribution in [3.8, 4) is 0 Å². The van der Waals surface area contributed by atoms with Gasteiger partial charge in [-0.15, -0.1) is 0 Å². The summed E-state index contributed by atoms with van der Waals surface area (Å²) in [5.41, 5.74) is 0.361. The molecule has 3 heteroatoms. The molecule has 2 aromatic carbocycles. The lowest BCUT2D eigenvalue weighted by Crippen LogP contribution is -2.21. The van der Waals surface area contributed by atoms with Gasteiger partial charge in [-0.3, -0.25) is 4.79 Å². The molecular formula is C15H14O3. The van der Waals surface area contributed by atoms with Crippen molar-refractivity contribution >= 4 is 22.5 Å². The number of Topliss-reactive ketones (excluding diaryl/α,β-unsaturated/α-hetero) is 1. The normalized spacial score (nSPS) is 10.6. The van der Waals surface area contributed by atoms with E-state index in [-0.39, 0.29) is 6.10 Å². The van der Waals surface area contributed by atoms with Crippen LogP contribution in [0, 0.1) is 0 Å². The predicted molar refractivity (Wildman–Crippen MR) is 69.5 cm³/mol. The van der Waals surface area contributed by atoms with Crippen LogP contribution in [0.2, 0.25) is 0 Å². The quantitative estimate of drug-likeness (QED) is 0.472. The maximum Gasteiger partial charge on any atom is 0.379 e. The summed E-state index contributed by atoms with van der Waals surface area (Å²) < 4.78 is 4.89. The molecule has 0 aromatic heterocycles. The molecule has 0 saturated heterocycles. The fourth-order valence-electron chi connectivity index (χ4n) is 1.72. The van der Waals surface area contributed by atoms with E-state index >= 15 is 0 Å². The maximum atomic E-state index is 11.8. The molecule has 0 saturated carbocycles. The van der Waals surface area contributed by atoms with Crippen molar-refractivity contribution < 1.29 is 14.3 Å². The van der Waals surface area contributed by atoms with E-state index in [0.29, 0.717) is 5.56 Å². The van der Waals surface area contributed by atoms with E-state index in [4.69, 9.17) is 4.74 Å². The molecule has 0 heterocycles. The molecule has 18 heavy (non-hydrogen) atoms. The number of carbonyl (C=O) groups excluding carboxylic acids is 2. The first-order valence-corrected chi connectivity index (χ1v) is 5.82. The lowest BCUT2D eigenvalue weighted by Gasteiger charge is -2.07. The lowest BCUT2D eigenvalue weighted by atomic mass is 10.0. The summed E-state index contributed by atoms with van der Waals surface area (Å²) in [6.07, 6.45) is -0.290. The zero-order valence-electron chi connectivity index (χ0n) is 10.3. The summed E-state index contributed by atoms with van der Waals surface area (Å²) in [6, 6.07) is 12.9. The fourth-order valence-corrected chi connectivity index (χ4v) is 1.72. The van der Waals surface area contributed by atoms with Crippen LogP contribution in [0.1, 0.15) is 24.2 Å². The van der Waals surface area contributed by atoms with E-state index in [9.17, 15) is 9.59 Å². The highest BCUT2D eigenvalue weighted by Crippen LogP contribution is 2.16. The summed E-state index contributed by atoms with van der Waals surface area (Å²) in [6.45, 7) is 3.43. The van der Waals surface area contributed by atoms with Crippen molar-refractivity contribution in [1.82, 2.24) is 0 Å². The Balaban J connectivity index is 2.31. The molecule has 92 valence electrons. The molecule has 0 atom stereocenters. The minimum atomic E-state index is -0.805. The van der Waals surface area contributed by atoms with Crippen LogP contribution in [0.4, 0.5) is 0 Å². The Kier molecular flexibility index (Phi) is 3.42. The van der Waals surface area contributed by atoms with E-state index in [2.05, 4.69) is 0 Å². The van der Waals surface area contributed by atoms with Crippen LogP contribution in [-0.2, 0) is 9.53 Å². The molecule has 0 fully saturated rings. The molecule has 0 radical (unpaired) electrons. The predicted octanol–water partition coefficient (Wildman–Crippen LogP) is 2.97. The second-order valence-corrected chi connectivity index (χ2v) is 4.35. The number of hydrogen-bond donors (Lipinski definition) is 0. The van der Waals surface area contributed by atoms with E-state index < -0.39 is 11.8 Å². The van der Waals surface area contributed by atoms with Gasteiger partial charge in [0.15, 0.2) is 0 Å². The Morgan fingerprint density at radius 2 is 1.67 bits per heavy atom. The van der Waals surface area contributed by atoms with Crippen molar-refractivity contribution in [3.05, 3.63) is 48.0 Å². The largest absolute Gasteiger partial charge is 0.457 e. The molecule has 2 aromatic rings. The highest BCUT2D eigenvalue weighted by atomic mass is 16.5. The molecule has 0 bridgehead atoms. The van der Waals surface area contributed by atoms with Crippen LogP contribution in [0.15, 0.2) is 42.5 Å². The number of esters is 1. The van der Waals surface area contributed by atoms with Crippen molar-refractivity contribution in [2.24, 2.45) is 0 Å². The van der Waals surface area contributed by atoms with Crippen LogP contribution in [0.25, 0.3) is 10.8 Å². The summed E-state index contributed by atoms with van der Waals surface area (Å²) in [5, 5.41) is 1.96. The van der Waals surface area contributed by atoms with Crippen LogP contribution >= 0.6 is 0 Å². The summed E-state index contributed by atoms with van der Waals surface area (Å²) in [4.78, 5) is 23.4. The Bertz CT molecular complexity index is 599. The molecule has 3 nitrogen and oxygen atoms in total. The van der Waals surface area contributed by atoms with Gasteiger partial charge in [0, 0.05) is 5.56 Å². The van der Waals surface area contributed by atoms with Crippen molar-refractivity contribution in [2.45, 2.75) is 20.0 Å². The van der Waals surface area contributed by atoms with Gasteiger partial charge in [0.25, 0.3) is 5.78 Å². The second-order valence-electron chi connectivity index (χ2n) is 4.35. The van der Waals surface area contributed by atoms with Gasteiger partial charge >= 0.3 is 5.97 Å². The van der Waals surface area contributed by atoms with Crippen LogP contribution in [0.5, 0.6) is 0 Å². The zero-order chi connectivity index (χ0) is 13.1. The van der Waals surface area contributed by atoms with E-state index in [0.717, 1.165) is 10.8 Å². The van der Waals surface area contributed by atoms with Gasteiger partial charge in [-0.2, -0.15) is 0 Å². The molecule has 0 aliphatic heterocycles. The highest BCUT2D eigenvalue weighted by molar-refractivity contribution is 6.40. The van der Waals surface area contributed by atoms with Crippen molar-refractivity contribution in [2.75, 3.05) is 0 Å². The Morgan fingerprint density at radius 3 is 2.33 bits per heavy atom. The van der Waals surface area contributed by atoms with Gasteiger partial charge in [-0.25, -0.2) is 4.79 Å². The molecule has 0 aliphatic carbocycles. The Labute approximate surface area is 105 Å². The zero-order valence-corrected chi connectivity index (χ0v) is 10.3. The third-order valence-corrected chi connectivity index (χ3v) is 2.54. The minimum Gasteiger partial charge on any atom is -0.457 e. The lowest BCUT2D eigenvalue weighted by molar-refractivity contribution is -0.141. The average Bonchev–Trinajstić information content (AvgIpc) is 2.36. The van der Waals surface area contributed by atoms with Crippen LogP contribution in [-0.4, -0.2) is 17.9 Å². The molecule has 0 amide bonds. The van der Waals surface area contributed by atoms with Gasteiger partial charge < -0.3 is 4.74 Å². The molecule has 0 aliphatic rings. The van der Waals surface area contributed by atoms with Crippen LogP contribution < -0.4 is 0 Å². The number of fused-ring (bicyclic) bond motifs is 1.